The lowest BCUT2D eigenvalue weighted by molar-refractivity contribution is 0.367. The van der Waals surface area contributed by atoms with Gasteiger partial charge in [-0.1, -0.05) is 36.4 Å². The van der Waals surface area contributed by atoms with Crippen LogP contribution in [0.4, 0.5) is 0 Å². The van der Waals surface area contributed by atoms with Crippen LogP contribution in [0.1, 0.15) is 55.6 Å². The molecule has 6 rings (SSSR count). The van der Waals surface area contributed by atoms with E-state index >= 15 is 0 Å². The van der Waals surface area contributed by atoms with Gasteiger partial charge in [-0.3, -0.25) is 0 Å². The maximum atomic E-state index is 10.0. The Morgan fingerprint density at radius 2 is 0.276 bits per heavy atom. The second kappa shape index (κ2) is 17.4. The quantitative estimate of drug-likeness (QED) is 0.0467. The number of hydrogen-bond acceptors (Lipinski definition) is 12. The van der Waals surface area contributed by atoms with Crippen molar-refractivity contribution in [2.45, 2.75) is 64.2 Å². The first-order chi connectivity index (χ1) is 27.6. The van der Waals surface area contributed by atoms with Gasteiger partial charge in [0.1, 0.15) is 0 Å². The van der Waals surface area contributed by atoms with Crippen molar-refractivity contribution in [3.8, 4) is 69.0 Å². The lowest BCUT2D eigenvalue weighted by Gasteiger charge is -2.14. The van der Waals surface area contributed by atoms with Crippen LogP contribution in [0.3, 0.4) is 0 Å². The maximum absolute atomic E-state index is 10.0. The average Bonchev–Trinajstić information content (AvgIpc) is 3.18. The zero-order chi connectivity index (χ0) is 41.7. The highest BCUT2D eigenvalue weighted by molar-refractivity contribution is 5.54. The van der Waals surface area contributed by atoms with Crippen molar-refractivity contribution >= 4 is 0 Å². The normalized spacial score (nSPS) is 11.2. The minimum atomic E-state index is -0.579. The van der Waals surface area contributed by atoms with E-state index in [4.69, 9.17) is 0 Å². The first-order valence-corrected chi connectivity index (χ1v) is 18.8. The van der Waals surface area contributed by atoms with E-state index in [2.05, 4.69) is 36.4 Å². The van der Waals surface area contributed by atoms with Gasteiger partial charge in [-0.15, -0.1) is 0 Å². The van der Waals surface area contributed by atoms with Crippen LogP contribution in [-0.4, -0.2) is 61.3 Å². The Kier molecular flexibility index (Phi) is 12.2. The highest BCUT2D eigenvalue weighted by Crippen LogP contribution is 2.39. The molecule has 0 aliphatic rings. The van der Waals surface area contributed by atoms with Crippen LogP contribution in [0.2, 0.25) is 0 Å². The molecule has 12 nitrogen and oxygen atoms in total. The van der Waals surface area contributed by atoms with Crippen molar-refractivity contribution in [1.82, 2.24) is 0 Å². The molecule has 12 N–H and O–H groups in total. The van der Waals surface area contributed by atoms with Gasteiger partial charge < -0.3 is 61.3 Å². The molecule has 0 aromatic heterocycles. The molecule has 302 valence electrons. The number of phenolic OH excluding ortho intramolecular Hbond substituents is 12. The van der Waals surface area contributed by atoms with E-state index in [0.29, 0.717) is 86.5 Å². The number of aryl methyl sites for hydroxylation is 10. The summed E-state index contributed by atoms with van der Waals surface area (Å²) in [6.07, 6.45) is 5.34. The SMILES string of the molecule is Oc1cc(CCc2cc(CCc3cc(CCc4cc(O)c(O)c(O)c4)cc(CCc4cc(O)c(O)c(O)c4)c3)cc(CCc3cc(O)c(O)c(O)c3)c2)cc(O)c1O. The van der Waals surface area contributed by atoms with Gasteiger partial charge in [-0.05, 0) is 168 Å². The Balaban J connectivity index is 1.26. The van der Waals surface area contributed by atoms with Crippen LogP contribution in [0.5, 0.6) is 69.0 Å². The monoisotopic (exact) mass is 790 g/mol. The lowest BCUT2D eigenvalue weighted by Crippen LogP contribution is -2.02. The summed E-state index contributed by atoms with van der Waals surface area (Å²) >= 11 is 0. The van der Waals surface area contributed by atoms with Gasteiger partial charge in [0.2, 0.25) is 0 Å². The predicted molar refractivity (Wildman–Crippen MR) is 216 cm³/mol. The first kappa shape index (κ1) is 40.6. The maximum Gasteiger partial charge on any atom is 0.200 e. The number of aromatic hydroxyl groups is 12. The molecule has 0 spiro atoms. The minimum Gasteiger partial charge on any atom is -0.504 e. The van der Waals surface area contributed by atoms with E-state index in [0.717, 1.165) is 33.4 Å². The zero-order valence-corrected chi connectivity index (χ0v) is 31.5. The Bertz CT molecular complexity index is 2030. The number of phenols is 12. The van der Waals surface area contributed by atoms with Crippen LogP contribution in [-0.2, 0) is 64.2 Å². The number of rotatable bonds is 15. The lowest BCUT2D eigenvalue weighted by atomic mass is 9.92. The molecule has 0 amide bonds. The van der Waals surface area contributed by atoms with Crippen LogP contribution in [0.15, 0.2) is 84.9 Å². The van der Waals surface area contributed by atoms with Crippen LogP contribution in [0.25, 0.3) is 0 Å². The molecule has 0 heterocycles. The summed E-state index contributed by atoms with van der Waals surface area (Å²) in [6.45, 7) is 0. The van der Waals surface area contributed by atoms with E-state index in [1.807, 2.05) is 0 Å². The summed E-state index contributed by atoms with van der Waals surface area (Å²) in [5.74, 6) is -5.61. The molecule has 0 atom stereocenters. The van der Waals surface area contributed by atoms with E-state index in [1.165, 1.54) is 48.5 Å². The third-order valence-corrected chi connectivity index (χ3v) is 10.3. The van der Waals surface area contributed by atoms with Crippen molar-refractivity contribution in [3.05, 3.63) is 141 Å². The molecule has 6 aromatic carbocycles. The topological polar surface area (TPSA) is 243 Å². The number of hydrogen-bond donors (Lipinski definition) is 12. The minimum absolute atomic E-state index is 0.412. The van der Waals surface area contributed by atoms with Crippen LogP contribution < -0.4 is 0 Å². The van der Waals surface area contributed by atoms with Gasteiger partial charge >= 0.3 is 0 Å². The predicted octanol–water partition coefficient (Wildman–Crippen LogP) is 7.08. The highest BCUT2D eigenvalue weighted by atomic mass is 16.3. The summed E-state index contributed by atoms with van der Waals surface area (Å²) in [6, 6.07) is 23.8. The van der Waals surface area contributed by atoms with Crippen molar-refractivity contribution in [2.75, 3.05) is 0 Å². The Morgan fingerprint density at radius 1 is 0.172 bits per heavy atom. The summed E-state index contributed by atoms with van der Waals surface area (Å²) in [5, 5.41) is 120. The molecule has 0 unspecified atom stereocenters. The Hall–Kier alpha value is -7.08. The molecule has 0 aliphatic heterocycles. The first-order valence-electron chi connectivity index (χ1n) is 18.8. The van der Waals surface area contributed by atoms with Gasteiger partial charge in [-0.2, -0.15) is 0 Å². The standard InChI is InChI=1S/C46H46O12/c47-35-17-31(18-36(48)43(35)55)7-3-27-11-25(12-28(15-27)4-8-32-19-37(49)44(56)38(50)20-32)1-2-26-13-29(5-9-33-21-39(51)45(57)40(52)22-33)16-30(14-26)6-10-34-23-41(53)46(58)42(54)24-34/h11-24,47-58H,1-10H2. The third kappa shape index (κ3) is 10.0. The zero-order valence-electron chi connectivity index (χ0n) is 31.5. The van der Waals surface area contributed by atoms with Crippen LogP contribution in [0, 0.1) is 0 Å². The molecule has 0 aliphatic carbocycles. The summed E-state index contributed by atoms with van der Waals surface area (Å²) < 4.78 is 0. The summed E-state index contributed by atoms with van der Waals surface area (Å²) in [7, 11) is 0. The summed E-state index contributed by atoms with van der Waals surface area (Å²) in [4.78, 5) is 0. The van der Waals surface area contributed by atoms with E-state index in [1.54, 1.807) is 0 Å². The molecule has 0 saturated heterocycles. The van der Waals surface area contributed by atoms with Crippen molar-refractivity contribution in [1.29, 1.82) is 0 Å². The smallest absolute Gasteiger partial charge is 0.200 e. The van der Waals surface area contributed by atoms with Gasteiger partial charge in [0.25, 0.3) is 0 Å². The highest BCUT2D eigenvalue weighted by Gasteiger charge is 2.14. The van der Waals surface area contributed by atoms with Crippen molar-refractivity contribution in [2.24, 2.45) is 0 Å². The average molecular weight is 791 g/mol. The molecule has 0 bridgehead atoms. The second-order valence-corrected chi connectivity index (χ2v) is 14.7. The Labute approximate surface area is 334 Å². The fourth-order valence-electron chi connectivity index (χ4n) is 7.21. The van der Waals surface area contributed by atoms with Crippen molar-refractivity contribution < 1.29 is 61.3 Å². The van der Waals surface area contributed by atoms with E-state index in [-0.39, 0.29) is 0 Å². The third-order valence-electron chi connectivity index (χ3n) is 10.3. The van der Waals surface area contributed by atoms with E-state index in [9.17, 15) is 61.3 Å². The van der Waals surface area contributed by atoms with Gasteiger partial charge in [0.15, 0.2) is 69.0 Å². The fraction of sp³-hybridized carbons (Fsp3) is 0.217. The van der Waals surface area contributed by atoms with E-state index < -0.39 is 69.0 Å². The number of benzene rings is 6. The van der Waals surface area contributed by atoms with Gasteiger partial charge in [0, 0.05) is 0 Å². The molecule has 0 radical (unpaired) electrons. The molecule has 12 heteroatoms. The van der Waals surface area contributed by atoms with Crippen LogP contribution >= 0.6 is 0 Å². The molecule has 58 heavy (non-hydrogen) atoms. The Morgan fingerprint density at radius 3 is 0.397 bits per heavy atom. The molecule has 6 aromatic rings. The molecule has 0 fully saturated rings. The second-order valence-electron chi connectivity index (χ2n) is 14.7. The molecular formula is C46H46O12. The van der Waals surface area contributed by atoms with Gasteiger partial charge in [0.05, 0.1) is 0 Å². The van der Waals surface area contributed by atoms with Crippen molar-refractivity contribution in [3.63, 3.8) is 0 Å². The fourth-order valence-corrected chi connectivity index (χ4v) is 7.21. The molecular weight excluding hydrogens is 744 g/mol. The summed E-state index contributed by atoms with van der Waals surface area (Å²) in [5.41, 5.74) is 8.58. The molecule has 0 saturated carbocycles. The van der Waals surface area contributed by atoms with Gasteiger partial charge in [-0.25, -0.2) is 0 Å². The largest absolute Gasteiger partial charge is 0.504 e.